The van der Waals surface area contributed by atoms with Gasteiger partial charge in [-0.05, 0) is 0 Å². The lowest BCUT2D eigenvalue weighted by molar-refractivity contribution is -0.169. The second-order valence-corrected chi connectivity index (χ2v) is 2.25. The predicted octanol–water partition coefficient (Wildman–Crippen LogP) is 0.685. The van der Waals surface area contributed by atoms with Crippen LogP contribution in [0.25, 0.3) is 0 Å². The highest BCUT2D eigenvalue weighted by Crippen LogP contribution is 2.30. The third kappa shape index (κ3) is 1.40. The van der Waals surface area contributed by atoms with E-state index in [-0.39, 0.29) is 6.54 Å². The van der Waals surface area contributed by atoms with Crippen molar-refractivity contribution in [2.24, 2.45) is 5.92 Å². The fourth-order valence-electron chi connectivity index (χ4n) is 0.837. The van der Waals surface area contributed by atoms with E-state index >= 15 is 0 Å². The minimum Gasteiger partial charge on any atom is -0.355 e. The quantitative estimate of drug-likeness (QED) is 0.544. The van der Waals surface area contributed by atoms with Gasteiger partial charge in [-0.25, -0.2) is 0 Å². The Morgan fingerprint density at radius 1 is 1.50 bits per heavy atom. The first kappa shape index (κ1) is 7.37. The van der Waals surface area contributed by atoms with Gasteiger partial charge in [0.15, 0.2) is 0 Å². The van der Waals surface area contributed by atoms with Gasteiger partial charge in [0.05, 0.1) is 5.92 Å². The van der Waals surface area contributed by atoms with Crippen LogP contribution in [0.1, 0.15) is 6.42 Å². The van der Waals surface area contributed by atoms with Gasteiger partial charge in [-0.15, -0.1) is 0 Å². The molecule has 0 aromatic rings. The molecule has 1 heterocycles. The first-order valence-electron chi connectivity index (χ1n) is 2.83. The lowest BCUT2D eigenvalue weighted by Crippen LogP contribution is -2.24. The van der Waals surface area contributed by atoms with Crippen LogP contribution in [0.5, 0.6) is 0 Å². The third-order valence-electron chi connectivity index (χ3n) is 1.44. The zero-order valence-electron chi connectivity index (χ0n) is 5.03. The largest absolute Gasteiger partial charge is 0.393 e. The summed E-state index contributed by atoms with van der Waals surface area (Å²) in [7, 11) is 0. The van der Waals surface area contributed by atoms with Crippen molar-refractivity contribution in [1.82, 2.24) is 5.32 Å². The molecule has 1 fully saturated rings. The molecule has 0 spiro atoms. The molecule has 0 bridgehead atoms. The first-order valence-corrected chi connectivity index (χ1v) is 2.83. The second kappa shape index (κ2) is 2.14. The summed E-state index contributed by atoms with van der Waals surface area (Å²) in [4.78, 5) is 10.3. The molecule has 0 aromatic heterocycles. The van der Waals surface area contributed by atoms with E-state index in [2.05, 4.69) is 5.32 Å². The van der Waals surface area contributed by atoms with Crippen LogP contribution in [0, 0.1) is 5.92 Å². The van der Waals surface area contributed by atoms with Crippen LogP contribution in [-0.4, -0.2) is 18.6 Å². The summed E-state index contributed by atoms with van der Waals surface area (Å²) in [5, 5.41) is 2.12. The maximum absolute atomic E-state index is 11.7. The smallest absolute Gasteiger partial charge is 0.355 e. The van der Waals surface area contributed by atoms with Gasteiger partial charge < -0.3 is 5.32 Å². The Balaban J connectivity index is 2.53. The number of hydrogen-bond donors (Lipinski definition) is 1. The van der Waals surface area contributed by atoms with Gasteiger partial charge in [0.2, 0.25) is 5.91 Å². The van der Waals surface area contributed by atoms with Gasteiger partial charge in [-0.1, -0.05) is 0 Å². The van der Waals surface area contributed by atoms with Crippen LogP contribution < -0.4 is 5.32 Å². The third-order valence-corrected chi connectivity index (χ3v) is 1.44. The van der Waals surface area contributed by atoms with Gasteiger partial charge in [0.25, 0.3) is 0 Å². The summed E-state index contributed by atoms with van der Waals surface area (Å²) in [6, 6.07) is 0. The maximum Gasteiger partial charge on any atom is 0.393 e. The van der Waals surface area contributed by atoms with Crippen molar-refractivity contribution < 1.29 is 18.0 Å². The zero-order chi connectivity index (χ0) is 7.78. The van der Waals surface area contributed by atoms with Crippen molar-refractivity contribution in [3.63, 3.8) is 0 Å². The Morgan fingerprint density at radius 2 is 2.10 bits per heavy atom. The van der Waals surface area contributed by atoms with E-state index < -0.39 is 24.4 Å². The van der Waals surface area contributed by atoms with E-state index in [0.29, 0.717) is 0 Å². The number of carbonyl (C=O) groups is 1. The highest BCUT2D eigenvalue weighted by molar-refractivity contribution is 5.78. The van der Waals surface area contributed by atoms with Crippen LogP contribution in [0.15, 0.2) is 0 Å². The summed E-state index contributed by atoms with van der Waals surface area (Å²) < 4.78 is 35.2. The minimum absolute atomic E-state index is 0.262. The SMILES string of the molecule is O=C1C[C@H](C(F)(F)F)CN1. The standard InChI is InChI=1S/C5H6F3NO/c6-5(7,8)3-1-4(10)9-2-3/h3H,1-2H2,(H,9,10)/t3-/m0/s1. The van der Waals surface area contributed by atoms with Crippen molar-refractivity contribution in [1.29, 1.82) is 0 Å². The molecular formula is C5H6F3NO. The predicted molar refractivity (Wildman–Crippen MR) is 27.2 cm³/mol. The van der Waals surface area contributed by atoms with Crippen LogP contribution in [0.2, 0.25) is 0 Å². The summed E-state index contributed by atoms with van der Waals surface area (Å²) in [6.07, 6.45) is -4.64. The molecule has 1 rings (SSSR count). The Kier molecular flexibility index (Phi) is 1.58. The van der Waals surface area contributed by atoms with Gasteiger partial charge in [-0.3, -0.25) is 4.79 Å². The number of hydrogen-bond acceptors (Lipinski definition) is 1. The van der Waals surface area contributed by atoms with Crippen molar-refractivity contribution in [3.8, 4) is 0 Å². The number of halogens is 3. The van der Waals surface area contributed by atoms with Crippen LogP contribution >= 0.6 is 0 Å². The molecule has 1 saturated heterocycles. The molecule has 1 aliphatic heterocycles. The molecule has 5 heteroatoms. The Hall–Kier alpha value is -0.740. The van der Waals surface area contributed by atoms with E-state index in [1.54, 1.807) is 0 Å². The van der Waals surface area contributed by atoms with Gasteiger partial charge in [-0.2, -0.15) is 13.2 Å². The molecule has 10 heavy (non-hydrogen) atoms. The fourth-order valence-corrected chi connectivity index (χ4v) is 0.837. The second-order valence-electron chi connectivity index (χ2n) is 2.25. The molecule has 1 N–H and O–H groups in total. The molecule has 0 aromatic carbocycles. The van der Waals surface area contributed by atoms with Crippen molar-refractivity contribution in [2.75, 3.05) is 6.54 Å². The average Bonchev–Trinajstić information content (AvgIpc) is 2.11. The molecule has 0 saturated carbocycles. The Labute approximate surface area is 55.4 Å². The first-order chi connectivity index (χ1) is 4.50. The molecular weight excluding hydrogens is 147 g/mol. The lowest BCUT2D eigenvalue weighted by Gasteiger charge is -2.10. The number of carbonyl (C=O) groups excluding carboxylic acids is 1. The van der Waals surface area contributed by atoms with E-state index in [4.69, 9.17) is 0 Å². The van der Waals surface area contributed by atoms with Crippen LogP contribution in [0.4, 0.5) is 13.2 Å². The average molecular weight is 153 g/mol. The van der Waals surface area contributed by atoms with Crippen molar-refractivity contribution in [3.05, 3.63) is 0 Å². The van der Waals surface area contributed by atoms with Crippen LogP contribution in [0.3, 0.4) is 0 Å². The van der Waals surface area contributed by atoms with Crippen molar-refractivity contribution in [2.45, 2.75) is 12.6 Å². The summed E-state index contributed by atoms with van der Waals surface area (Å²) in [5.41, 5.74) is 0. The fraction of sp³-hybridized carbons (Fsp3) is 0.800. The number of rotatable bonds is 0. The molecule has 1 atom stereocenters. The topological polar surface area (TPSA) is 29.1 Å². The van der Waals surface area contributed by atoms with Gasteiger partial charge in [0, 0.05) is 13.0 Å². The normalized spacial score (nSPS) is 26.7. The molecule has 58 valence electrons. The molecule has 1 amide bonds. The minimum atomic E-state index is -4.22. The number of alkyl halides is 3. The molecule has 1 aliphatic rings. The number of amides is 1. The Bertz CT molecular complexity index is 153. The van der Waals surface area contributed by atoms with E-state index in [1.165, 1.54) is 0 Å². The summed E-state index contributed by atoms with van der Waals surface area (Å²) in [5.74, 6) is -1.98. The summed E-state index contributed by atoms with van der Waals surface area (Å²) >= 11 is 0. The molecule has 2 nitrogen and oxygen atoms in total. The number of nitrogens with one attached hydrogen (secondary N) is 1. The van der Waals surface area contributed by atoms with Gasteiger partial charge in [0.1, 0.15) is 0 Å². The van der Waals surface area contributed by atoms with E-state index in [1.807, 2.05) is 0 Å². The van der Waals surface area contributed by atoms with Crippen molar-refractivity contribution >= 4 is 5.91 Å². The molecule has 0 unspecified atom stereocenters. The monoisotopic (exact) mass is 153 g/mol. The Morgan fingerprint density at radius 3 is 2.30 bits per heavy atom. The highest BCUT2D eigenvalue weighted by Gasteiger charge is 2.43. The van der Waals surface area contributed by atoms with E-state index in [0.717, 1.165) is 0 Å². The molecule has 0 radical (unpaired) electrons. The highest BCUT2D eigenvalue weighted by atomic mass is 19.4. The summed E-state index contributed by atoms with van der Waals surface area (Å²) in [6.45, 7) is -0.262. The molecule has 0 aliphatic carbocycles. The maximum atomic E-state index is 11.7. The van der Waals surface area contributed by atoms with Crippen LogP contribution in [-0.2, 0) is 4.79 Å². The van der Waals surface area contributed by atoms with E-state index in [9.17, 15) is 18.0 Å². The zero-order valence-corrected chi connectivity index (χ0v) is 5.03. The van der Waals surface area contributed by atoms with Gasteiger partial charge >= 0.3 is 6.18 Å². The lowest BCUT2D eigenvalue weighted by atomic mass is 10.1.